The van der Waals surface area contributed by atoms with Crippen molar-refractivity contribution < 1.29 is 24.5 Å². The van der Waals surface area contributed by atoms with E-state index in [4.69, 9.17) is 4.74 Å². The summed E-state index contributed by atoms with van der Waals surface area (Å²) in [4.78, 5) is 25.7. The van der Waals surface area contributed by atoms with E-state index < -0.39 is 23.1 Å². The zero-order valence-electron chi connectivity index (χ0n) is 15.9. The number of carbonyl (C=O) groups is 2. The topological polar surface area (TPSA) is 83.8 Å². The summed E-state index contributed by atoms with van der Waals surface area (Å²) in [5, 5.41) is 21.1. The number of unbranched alkanes of at least 4 members (excludes halogenated alkanes) is 1. The van der Waals surface area contributed by atoms with E-state index in [1.807, 2.05) is 12.1 Å². The van der Waals surface area contributed by atoms with Crippen molar-refractivity contribution in [2.75, 3.05) is 0 Å². The highest BCUT2D eigenvalue weighted by atomic mass is 16.5. The third kappa shape index (κ3) is 3.25. The summed E-state index contributed by atoms with van der Waals surface area (Å²) in [5.41, 5.74) is 1.14. The molecule has 29 heavy (non-hydrogen) atoms. The number of hydrogen-bond donors (Lipinski definition) is 2. The van der Waals surface area contributed by atoms with Gasteiger partial charge in [0.1, 0.15) is 11.5 Å². The number of hydrogen-bond acceptors (Lipinski definition) is 5. The van der Waals surface area contributed by atoms with Crippen LogP contribution >= 0.6 is 0 Å². The third-order valence-electron chi connectivity index (χ3n) is 5.08. The van der Waals surface area contributed by atoms with E-state index in [-0.39, 0.29) is 28.0 Å². The molecule has 0 aliphatic heterocycles. The Hall–Kier alpha value is -3.60. The van der Waals surface area contributed by atoms with E-state index in [0.29, 0.717) is 5.75 Å². The molecular weight excluding hydrogens is 368 g/mol. The number of phenolic OH excluding ortho intramolecular Hbond substituents is 2. The monoisotopic (exact) mass is 388 g/mol. The Morgan fingerprint density at radius 3 is 2.10 bits per heavy atom. The molecule has 146 valence electrons. The highest BCUT2D eigenvalue weighted by Crippen LogP contribution is 2.44. The number of aryl methyl sites for hydroxylation is 1. The van der Waals surface area contributed by atoms with Gasteiger partial charge in [0.25, 0.3) is 0 Å². The first kappa shape index (κ1) is 18.7. The fraction of sp³-hybridized carbons (Fsp3) is 0.167. The zero-order valence-corrected chi connectivity index (χ0v) is 15.9. The molecule has 0 aromatic heterocycles. The molecule has 3 aromatic rings. The fourth-order valence-electron chi connectivity index (χ4n) is 3.54. The van der Waals surface area contributed by atoms with E-state index in [1.54, 1.807) is 24.3 Å². The van der Waals surface area contributed by atoms with Crippen LogP contribution < -0.4 is 4.74 Å². The van der Waals surface area contributed by atoms with Crippen LogP contribution in [0.25, 0.3) is 0 Å². The smallest absolute Gasteiger partial charge is 0.198 e. The van der Waals surface area contributed by atoms with E-state index >= 15 is 0 Å². The van der Waals surface area contributed by atoms with E-state index in [0.717, 1.165) is 25.3 Å². The predicted octanol–water partition coefficient (Wildman–Crippen LogP) is 5.01. The van der Waals surface area contributed by atoms with Crippen molar-refractivity contribution in [1.82, 2.24) is 0 Å². The summed E-state index contributed by atoms with van der Waals surface area (Å²) >= 11 is 0. The molecular formula is C24H20O5. The van der Waals surface area contributed by atoms with Gasteiger partial charge in [-0.05, 0) is 30.5 Å². The molecule has 0 saturated heterocycles. The number of ether oxygens (including phenoxy) is 1. The van der Waals surface area contributed by atoms with E-state index in [9.17, 15) is 19.8 Å². The lowest BCUT2D eigenvalue weighted by Crippen LogP contribution is -2.21. The van der Waals surface area contributed by atoms with Gasteiger partial charge in [-0.3, -0.25) is 9.59 Å². The maximum Gasteiger partial charge on any atom is 0.198 e. The molecule has 0 unspecified atom stereocenters. The van der Waals surface area contributed by atoms with E-state index in [2.05, 4.69) is 6.92 Å². The first-order valence-corrected chi connectivity index (χ1v) is 9.55. The minimum Gasteiger partial charge on any atom is -0.507 e. The molecule has 0 fully saturated rings. The molecule has 0 amide bonds. The number of fused-ring (bicyclic) bond motifs is 2. The predicted molar refractivity (Wildman–Crippen MR) is 108 cm³/mol. The number of benzene rings is 3. The van der Waals surface area contributed by atoms with Crippen LogP contribution in [-0.2, 0) is 6.42 Å². The number of ketones is 2. The van der Waals surface area contributed by atoms with Crippen molar-refractivity contribution in [2.45, 2.75) is 26.2 Å². The van der Waals surface area contributed by atoms with Crippen molar-refractivity contribution in [2.24, 2.45) is 0 Å². The Labute approximate surface area is 168 Å². The molecule has 0 spiro atoms. The van der Waals surface area contributed by atoms with Crippen molar-refractivity contribution in [3.8, 4) is 23.0 Å². The molecule has 1 aliphatic rings. The zero-order chi connectivity index (χ0) is 20.5. The Morgan fingerprint density at radius 2 is 1.48 bits per heavy atom. The van der Waals surface area contributed by atoms with Crippen LogP contribution in [0.1, 0.15) is 57.2 Å². The average Bonchev–Trinajstić information content (AvgIpc) is 2.74. The van der Waals surface area contributed by atoms with Gasteiger partial charge in [-0.2, -0.15) is 0 Å². The van der Waals surface area contributed by atoms with Gasteiger partial charge >= 0.3 is 0 Å². The van der Waals surface area contributed by atoms with Crippen LogP contribution in [-0.4, -0.2) is 21.8 Å². The molecule has 1 aliphatic carbocycles. The Kier molecular flexibility index (Phi) is 4.80. The molecule has 0 radical (unpaired) electrons. The van der Waals surface area contributed by atoms with Crippen molar-refractivity contribution in [3.63, 3.8) is 0 Å². The first-order valence-electron chi connectivity index (χ1n) is 9.55. The van der Waals surface area contributed by atoms with Gasteiger partial charge in [-0.25, -0.2) is 0 Å². The van der Waals surface area contributed by atoms with Gasteiger partial charge in [0, 0.05) is 17.2 Å². The molecule has 5 heteroatoms. The van der Waals surface area contributed by atoms with Crippen molar-refractivity contribution in [3.05, 3.63) is 82.4 Å². The third-order valence-corrected chi connectivity index (χ3v) is 5.08. The van der Waals surface area contributed by atoms with Gasteiger partial charge < -0.3 is 14.9 Å². The summed E-state index contributed by atoms with van der Waals surface area (Å²) in [6.45, 7) is 2.13. The molecule has 4 rings (SSSR count). The lowest BCUT2D eigenvalue weighted by atomic mass is 9.83. The average molecular weight is 388 g/mol. The van der Waals surface area contributed by atoms with Gasteiger partial charge in [-0.15, -0.1) is 0 Å². The summed E-state index contributed by atoms with van der Waals surface area (Å²) in [6.07, 6.45) is 3.17. The second-order valence-corrected chi connectivity index (χ2v) is 7.05. The van der Waals surface area contributed by atoms with Gasteiger partial charge in [0.15, 0.2) is 23.1 Å². The second kappa shape index (κ2) is 7.43. The maximum atomic E-state index is 12.9. The molecule has 5 nitrogen and oxygen atoms in total. The molecule has 0 saturated carbocycles. The number of phenols is 2. The number of carbonyl (C=O) groups excluding carboxylic acids is 2. The quantitative estimate of drug-likeness (QED) is 0.470. The lowest BCUT2D eigenvalue weighted by molar-refractivity contribution is 0.0973. The summed E-state index contributed by atoms with van der Waals surface area (Å²) < 4.78 is 5.71. The van der Waals surface area contributed by atoms with E-state index in [1.165, 1.54) is 17.7 Å². The number of aromatic hydroxyl groups is 2. The molecule has 0 atom stereocenters. The standard InChI is InChI=1S/C24H20O5/c1-2-3-6-14-9-11-15(12-10-14)29-19-13-18(25)20-21(24(19)28)23(27)17-8-5-4-7-16(17)22(20)26/h4-5,7-13,25,28H,2-3,6H2,1H3. The fourth-order valence-corrected chi connectivity index (χ4v) is 3.54. The molecule has 2 N–H and O–H groups in total. The van der Waals surface area contributed by atoms with Gasteiger partial charge in [-0.1, -0.05) is 49.7 Å². The van der Waals surface area contributed by atoms with Crippen LogP contribution in [0.4, 0.5) is 0 Å². The number of rotatable bonds is 5. The summed E-state index contributed by atoms with van der Waals surface area (Å²) in [6, 6.07) is 14.9. The van der Waals surface area contributed by atoms with Crippen LogP contribution in [0, 0.1) is 0 Å². The van der Waals surface area contributed by atoms with Crippen LogP contribution in [0.2, 0.25) is 0 Å². The van der Waals surface area contributed by atoms with Crippen LogP contribution in [0.15, 0.2) is 54.6 Å². The van der Waals surface area contributed by atoms with Gasteiger partial charge in [0.05, 0.1) is 11.1 Å². The van der Waals surface area contributed by atoms with Crippen LogP contribution in [0.3, 0.4) is 0 Å². The highest BCUT2D eigenvalue weighted by molar-refractivity contribution is 6.30. The SMILES string of the molecule is CCCCc1ccc(Oc2cc(O)c3c(c2O)C(=O)c2ccccc2C3=O)cc1. The normalized spacial score (nSPS) is 12.4. The summed E-state index contributed by atoms with van der Waals surface area (Å²) in [5.74, 6) is -1.52. The summed E-state index contributed by atoms with van der Waals surface area (Å²) in [7, 11) is 0. The second-order valence-electron chi connectivity index (χ2n) is 7.05. The van der Waals surface area contributed by atoms with Crippen molar-refractivity contribution >= 4 is 11.6 Å². The molecule has 0 bridgehead atoms. The lowest BCUT2D eigenvalue weighted by Gasteiger charge is -2.21. The highest BCUT2D eigenvalue weighted by Gasteiger charge is 2.36. The maximum absolute atomic E-state index is 12.9. The minimum atomic E-state index is -0.525. The Bertz CT molecular complexity index is 1110. The van der Waals surface area contributed by atoms with Crippen molar-refractivity contribution in [1.29, 1.82) is 0 Å². The minimum absolute atomic E-state index is 0.0805. The first-order chi connectivity index (χ1) is 14.0. The Balaban J connectivity index is 1.72. The molecule has 3 aromatic carbocycles. The van der Waals surface area contributed by atoms with Crippen LogP contribution in [0.5, 0.6) is 23.0 Å². The largest absolute Gasteiger partial charge is 0.507 e. The Morgan fingerprint density at radius 1 is 0.862 bits per heavy atom. The van der Waals surface area contributed by atoms with Gasteiger partial charge in [0.2, 0.25) is 0 Å². The molecule has 0 heterocycles.